The van der Waals surface area contributed by atoms with Gasteiger partial charge in [-0.15, -0.1) is 0 Å². The van der Waals surface area contributed by atoms with E-state index in [1.807, 2.05) is 0 Å². The minimum atomic E-state index is -0.0104. The zero-order valence-electron chi connectivity index (χ0n) is 5.51. The Kier molecular flexibility index (Phi) is 1.24. The van der Waals surface area contributed by atoms with E-state index < -0.39 is 0 Å². The van der Waals surface area contributed by atoms with Crippen molar-refractivity contribution in [2.75, 3.05) is 0 Å². The summed E-state index contributed by atoms with van der Waals surface area (Å²) < 4.78 is 0. The third-order valence-corrected chi connectivity index (χ3v) is 2.45. The lowest BCUT2D eigenvalue weighted by atomic mass is 10.0. The van der Waals surface area contributed by atoms with Crippen molar-refractivity contribution in [3.05, 3.63) is 0 Å². The number of aliphatic hydroxyl groups excluding tert-OH is 1. The van der Waals surface area contributed by atoms with E-state index in [0.717, 1.165) is 12.8 Å². The Morgan fingerprint density at radius 1 is 1.11 bits per heavy atom. The molecule has 0 aromatic heterocycles. The first-order chi connectivity index (χ1) is 4.34. The highest BCUT2D eigenvalue weighted by Crippen LogP contribution is 2.26. The third kappa shape index (κ3) is 0.970. The van der Waals surface area contributed by atoms with E-state index in [0.29, 0.717) is 12.1 Å². The van der Waals surface area contributed by atoms with Crippen molar-refractivity contribution in [2.45, 2.75) is 43.9 Å². The van der Waals surface area contributed by atoms with E-state index in [4.69, 9.17) is 0 Å². The summed E-state index contributed by atoms with van der Waals surface area (Å²) in [6.45, 7) is 0. The van der Waals surface area contributed by atoms with Gasteiger partial charge < -0.3 is 10.4 Å². The molecule has 2 N–H and O–H groups in total. The summed E-state index contributed by atoms with van der Waals surface area (Å²) in [5, 5.41) is 12.7. The summed E-state index contributed by atoms with van der Waals surface area (Å²) in [4.78, 5) is 0. The van der Waals surface area contributed by atoms with Gasteiger partial charge in [0.1, 0.15) is 0 Å². The molecular formula is C7H13NO. The fraction of sp³-hybridized carbons (Fsp3) is 1.00. The summed E-state index contributed by atoms with van der Waals surface area (Å²) in [6.07, 6.45) is 4.51. The standard InChI is InChI=1S/C7H13NO/c9-7-3-5-1-2-6(4-7)8-5/h5-9H,1-4H2/t5-,6?,7+/m1/s1. The largest absolute Gasteiger partial charge is 0.393 e. The first-order valence-corrected chi connectivity index (χ1v) is 3.79. The Morgan fingerprint density at radius 3 is 2.22 bits per heavy atom. The molecule has 0 amide bonds. The number of hydrogen-bond donors (Lipinski definition) is 2. The molecule has 2 heteroatoms. The van der Waals surface area contributed by atoms with Crippen LogP contribution >= 0.6 is 0 Å². The van der Waals surface area contributed by atoms with Crippen LogP contribution in [0.4, 0.5) is 0 Å². The Labute approximate surface area is 55.3 Å². The van der Waals surface area contributed by atoms with Gasteiger partial charge in [-0.1, -0.05) is 0 Å². The van der Waals surface area contributed by atoms with Gasteiger partial charge in [-0.05, 0) is 25.7 Å². The maximum atomic E-state index is 9.25. The molecule has 2 fully saturated rings. The molecule has 2 saturated heterocycles. The van der Waals surface area contributed by atoms with Gasteiger partial charge in [-0.25, -0.2) is 0 Å². The van der Waals surface area contributed by atoms with Gasteiger partial charge in [-0.2, -0.15) is 0 Å². The van der Waals surface area contributed by atoms with Crippen LogP contribution in [-0.4, -0.2) is 23.3 Å². The molecule has 2 rings (SSSR count). The number of aliphatic hydroxyl groups is 1. The molecule has 0 aromatic carbocycles. The van der Waals surface area contributed by atoms with Gasteiger partial charge in [0.2, 0.25) is 0 Å². The molecule has 2 heterocycles. The number of rotatable bonds is 0. The van der Waals surface area contributed by atoms with E-state index in [2.05, 4.69) is 5.32 Å². The van der Waals surface area contributed by atoms with Gasteiger partial charge in [0.05, 0.1) is 6.10 Å². The molecule has 9 heavy (non-hydrogen) atoms. The second-order valence-electron chi connectivity index (χ2n) is 3.26. The smallest absolute Gasteiger partial charge is 0.0569 e. The molecule has 2 aliphatic rings. The van der Waals surface area contributed by atoms with E-state index in [1.165, 1.54) is 12.8 Å². The Balaban J connectivity index is 2.03. The highest BCUT2D eigenvalue weighted by Gasteiger charge is 2.31. The average Bonchev–Trinajstić information content (AvgIpc) is 2.11. The van der Waals surface area contributed by atoms with E-state index in [9.17, 15) is 5.11 Å². The second kappa shape index (κ2) is 1.96. The van der Waals surface area contributed by atoms with Crippen LogP contribution < -0.4 is 5.32 Å². The Bertz CT molecular complexity index is 103. The van der Waals surface area contributed by atoms with E-state index in [1.54, 1.807) is 0 Å². The molecule has 2 bridgehead atoms. The Hall–Kier alpha value is -0.0800. The van der Waals surface area contributed by atoms with Crippen LogP contribution in [0.2, 0.25) is 0 Å². The molecule has 0 aromatic rings. The van der Waals surface area contributed by atoms with Crippen LogP contribution in [0.3, 0.4) is 0 Å². The topological polar surface area (TPSA) is 32.3 Å². The van der Waals surface area contributed by atoms with Gasteiger partial charge in [0, 0.05) is 12.1 Å². The van der Waals surface area contributed by atoms with Crippen LogP contribution in [0.15, 0.2) is 0 Å². The molecule has 0 saturated carbocycles. The zero-order valence-corrected chi connectivity index (χ0v) is 5.51. The molecule has 0 radical (unpaired) electrons. The summed E-state index contributed by atoms with van der Waals surface area (Å²) in [6, 6.07) is 1.28. The molecule has 2 nitrogen and oxygen atoms in total. The van der Waals surface area contributed by atoms with E-state index >= 15 is 0 Å². The number of nitrogens with one attached hydrogen (secondary N) is 1. The summed E-state index contributed by atoms with van der Waals surface area (Å²) in [7, 11) is 0. The molecule has 1 unspecified atom stereocenters. The average molecular weight is 127 g/mol. The third-order valence-electron chi connectivity index (χ3n) is 2.45. The van der Waals surface area contributed by atoms with Gasteiger partial charge in [0.25, 0.3) is 0 Å². The van der Waals surface area contributed by atoms with Crippen molar-refractivity contribution in [3.63, 3.8) is 0 Å². The van der Waals surface area contributed by atoms with Gasteiger partial charge in [-0.3, -0.25) is 0 Å². The minimum Gasteiger partial charge on any atom is -0.393 e. The lowest BCUT2D eigenvalue weighted by Crippen LogP contribution is -2.40. The first-order valence-electron chi connectivity index (χ1n) is 3.79. The lowest BCUT2D eigenvalue weighted by molar-refractivity contribution is 0.114. The lowest BCUT2D eigenvalue weighted by Gasteiger charge is -2.24. The van der Waals surface area contributed by atoms with Crippen molar-refractivity contribution in [2.24, 2.45) is 0 Å². The second-order valence-corrected chi connectivity index (χ2v) is 3.26. The zero-order chi connectivity index (χ0) is 6.27. The van der Waals surface area contributed by atoms with Crippen LogP contribution in [0.5, 0.6) is 0 Å². The molecule has 0 aliphatic carbocycles. The summed E-state index contributed by atoms with van der Waals surface area (Å²) in [5.41, 5.74) is 0. The maximum Gasteiger partial charge on any atom is 0.0569 e. The van der Waals surface area contributed by atoms with Crippen molar-refractivity contribution in [1.29, 1.82) is 0 Å². The van der Waals surface area contributed by atoms with Crippen LogP contribution in [0, 0.1) is 0 Å². The van der Waals surface area contributed by atoms with Crippen molar-refractivity contribution < 1.29 is 5.11 Å². The highest BCUT2D eigenvalue weighted by molar-refractivity contribution is 4.91. The highest BCUT2D eigenvalue weighted by atomic mass is 16.3. The molecule has 2 aliphatic heterocycles. The predicted octanol–water partition coefficient (Wildman–Crippen LogP) is 0.262. The van der Waals surface area contributed by atoms with Crippen molar-refractivity contribution in [1.82, 2.24) is 5.32 Å². The van der Waals surface area contributed by atoms with Crippen LogP contribution in [-0.2, 0) is 0 Å². The normalized spacial score (nSPS) is 49.7. The van der Waals surface area contributed by atoms with E-state index in [-0.39, 0.29) is 6.10 Å². The maximum absolute atomic E-state index is 9.25. The van der Waals surface area contributed by atoms with Crippen LogP contribution in [0.25, 0.3) is 0 Å². The van der Waals surface area contributed by atoms with Crippen LogP contribution in [0.1, 0.15) is 25.7 Å². The SMILES string of the molecule is O[C@@H]1CC2CC[C@H](C1)N2. The number of hydrogen-bond acceptors (Lipinski definition) is 2. The number of fused-ring (bicyclic) bond motifs is 2. The molecule has 0 spiro atoms. The number of piperidine rings is 1. The fourth-order valence-electron chi connectivity index (χ4n) is 2.03. The molecular weight excluding hydrogens is 114 g/mol. The molecule has 52 valence electrons. The fourth-order valence-corrected chi connectivity index (χ4v) is 2.03. The molecule has 3 atom stereocenters. The summed E-state index contributed by atoms with van der Waals surface area (Å²) >= 11 is 0. The Morgan fingerprint density at radius 2 is 1.67 bits per heavy atom. The minimum absolute atomic E-state index is 0.0104. The first kappa shape index (κ1) is 5.69. The summed E-state index contributed by atoms with van der Waals surface area (Å²) in [5.74, 6) is 0. The van der Waals surface area contributed by atoms with Gasteiger partial charge >= 0.3 is 0 Å². The monoisotopic (exact) mass is 127 g/mol. The van der Waals surface area contributed by atoms with Crippen molar-refractivity contribution >= 4 is 0 Å². The predicted molar refractivity (Wildman–Crippen MR) is 35.2 cm³/mol. The van der Waals surface area contributed by atoms with Gasteiger partial charge in [0.15, 0.2) is 0 Å². The van der Waals surface area contributed by atoms with Crippen molar-refractivity contribution in [3.8, 4) is 0 Å². The quantitative estimate of drug-likeness (QED) is 0.489.